The number of rotatable bonds is 3. The van der Waals surface area contributed by atoms with Crippen LogP contribution in [0.15, 0.2) is 22.6 Å². The average Bonchev–Trinajstić information content (AvgIpc) is 2.71. The van der Waals surface area contributed by atoms with E-state index >= 15 is 0 Å². The van der Waals surface area contributed by atoms with E-state index in [2.05, 4.69) is 4.72 Å². The molecule has 0 spiro atoms. The first-order chi connectivity index (χ1) is 9.18. The van der Waals surface area contributed by atoms with Crippen molar-refractivity contribution in [3.8, 4) is 0 Å². The van der Waals surface area contributed by atoms with E-state index in [4.69, 9.17) is 4.42 Å². The maximum atomic E-state index is 13.6. The van der Waals surface area contributed by atoms with Crippen LogP contribution in [0.2, 0.25) is 0 Å². The topological polar surface area (TPSA) is 48.2 Å². The molecule has 0 aliphatic rings. The van der Waals surface area contributed by atoms with Crippen molar-refractivity contribution < 1.29 is 17.8 Å². The van der Waals surface area contributed by atoms with Crippen LogP contribution in [-0.2, 0) is 11.4 Å². The SMILES string of the molecule is C[C@@H](N[S+]([O-])C(C)(C)C)c1cc2cc(F)cc(F)c2o1. The molecule has 2 atom stereocenters. The lowest BCUT2D eigenvalue weighted by Crippen LogP contribution is -2.40. The minimum Gasteiger partial charge on any atom is -0.598 e. The van der Waals surface area contributed by atoms with E-state index in [0.717, 1.165) is 6.07 Å². The van der Waals surface area contributed by atoms with E-state index in [1.54, 1.807) is 13.0 Å². The van der Waals surface area contributed by atoms with E-state index < -0.39 is 27.7 Å². The third kappa shape index (κ3) is 3.13. The highest BCUT2D eigenvalue weighted by molar-refractivity contribution is 7.90. The second-order valence-corrected chi connectivity index (χ2v) is 7.67. The van der Waals surface area contributed by atoms with Crippen molar-refractivity contribution >= 4 is 22.3 Å². The zero-order chi connectivity index (χ0) is 15.1. The molecule has 1 unspecified atom stereocenters. The van der Waals surface area contributed by atoms with Gasteiger partial charge in [-0.2, -0.15) is 0 Å². The first-order valence-electron chi connectivity index (χ1n) is 6.25. The smallest absolute Gasteiger partial charge is 0.170 e. The Balaban J connectivity index is 2.27. The van der Waals surface area contributed by atoms with Gasteiger partial charge in [-0.1, -0.05) is 0 Å². The normalized spacial score (nSPS) is 15.6. The fourth-order valence-electron chi connectivity index (χ4n) is 1.70. The van der Waals surface area contributed by atoms with Crippen molar-refractivity contribution in [1.29, 1.82) is 0 Å². The van der Waals surface area contributed by atoms with Crippen LogP contribution in [0.3, 0.4) is 0 Å². The van der Waals surface area contributed by atoms with Crippen molar-refractivity contribution in [3.63, 3.8) is 0 Å². The van der Waals surface area contributed by atoms with Gasteiger partial charge >= 0.3 is 0 Å². The molecule has 1 aromatic carbocycles. The molecule has 0 saturated heterocycles. The maximum Gasteiger partial charge on any atom is 0.170 e. The van der Waals surface area contributed by atoms with Gasteiger partial charge in [0.2, 0.25) is 0 Å². The second-order valence-electron chi connectivity index (χ2n) is 5.68. The third-order valence-corrected chi connectivity index (χ3v) is 4.50. The Morgan fingerprint density at radius 1 is 1.25 bits per heavy atom. The summed E-state index contributed by atoms with van der Waals surface area (Å²) in [4.78, 5) is 0. The monoisotopic (exact) mass is 301 g/mol. The fourth-order valence-corrected chi connectivity index (χ4v) is 2.50. The summed E-state index contributed by atoms with van der Waals surface area (Å²) in [5, 5.41) is 0.354. The van der Waals surface area contributed by atoms with Gasteiger partial charge in [-0.3, -0.25) is 0 Å². The summed E-state index contributed by atoms with van der Waals surface area (Å²) in [6, 6.07) is 3.17. The van der Waals surface area contributed by atoms with Crippen molar-refractivity contribution in [2.24, 2.45) is 0 Å². The first-order valence-corrected chi connectivity index (χ1v) is 7.40. The highest BCUT2D eigenvalue weighted by Gasteiger charge is 2.29. The largest absolute Gasteiger partial charge is 0.598 e. The van der Waals surface area contributed by atoms with Crippen LogP contribution < -0.4 is 4.72 Å². The van der Waals surface area contributed by atoms with Gasteiger partial charge in [0.05, 0.1) is 0 Å². The number of furan rings is 1. The summed E-state index contributed by atoms with van der Waals surface area (Å²) >= 11 is -1.28. The van der Waals surface area contributed by atoms with Gasteiger partial charge < -0.3 is 8.97 Å². The Kier molecular flexibility index (Phi) is 4.09. The maximum absolute atomic E-state index is 13.6. The molecule has 2 aromatic rings. The minimum absolute atomic E-state index is 0.0107. The van der Waals surface area contributed by atoms with Crippen LogP contribution in [0.4, 0.5) is 8.78 Å². The van der Waals surface area contributed by atoms with E-state index in [1.807, 2.05) is 20.8 Å². The number of halogens is 2. The van der Waals surface area contributed by atoms with Crippen LogP contribution in [0, 0.1) is 11.6 Å². The van der Waals surface area contributed by atoms with E-state index in [9.17, 15) is 13.3 Å². The van der Waals surface area contributed by atoms with E-state index in [0.29, 0.717) is 11.1 Å². The zero-order valence-corrected chi connectivity index (χ0v) is 12.6. The van der Waals surface area contributed by atoms with Crippen LogP contribution >= 0.6 is 0 Å². The standard InChI is InChI=1S/C14H17F2NO2S/c1-8(17-20(18)14(2,3)4)12-6-9-5-10(15)7-11(16)13(9)19-12/h5-8,17H,1-4H3/t8-,20?/m1/s1. The lowest BCUT2D eigenvalue weighted by molar-refractivity contribution is 0.464. The molecule has 0 radical (unpaired) electrons. The molecule has 0 aliphatic carbocycles. The Morgan fingerprint density at radius 2 is 1.90 bits per heavy atom. The molecule has 1 aromatic heterocycles. The summed E-state index contributed by atoms with van der Waals surface area (Å²) in [6.45, 7) is 7.29. The van der Waals surface area contributed by atoms with Gasteiger partial charge in [0.1, 0.15) is 22.4 Å². The van der Waals surface area contributed by atoms with Crippen LogP contribution in [-0.4, -0.2) is 9.30 Å². The lowest BCUT2D eigenvalue weighted by Gasteiger charge is -2.25. The summed E-state index contributed by atoms with van der Waals surface area (Å²) in [5.74, 6) is -0.973. The van der Waals surface area contributed by atoms with E-state index in [1.165, 1.54) is 6.07 Å². The van der Waals surface area contributed by atoms with Crippen molar-refractivity contribution in [3.05, 3.63) is 35.6 Å². The predicted molar refractivity (Wildman–Crippen MR) is 75.6 cm³/mol. The number of hydrogen-bond acceptors (Lipinski definition) is 3. The molecule has 20 heavy (non-hydrogen) atoms. The summed E-state index contributed by atoms with van der Waals surface area (Å²) < 4.78 is 46.6. The first kappa shape index (κ1) is 15.3. The minimum atomic E-state index is -1.28. The van der Waals surface area contributed by atoms with Gasteiger partial charge in [0.25, 0.3) is 0 Å². The quantitative estimate of drug-likeness (QED) is 0.877. The zero-order valence-electron chi connectivity index (χ0n) is 11.8. The third-order valence-electron chi connectivity index (χ3n) is 2.82. The molecule has 0 amide bonds. The molecule has 3 nitrogen and oxygen atoms in total. The number of benzene rings is 1. The van der Waals surface area contributed by atoms with Crippen LogP contribution in [0.5, 0.6) is 0 Å². The number of fused-ring (bicyclic) bond motifs is 1. The molecule has 6 heteroatoms. The number of hydrogen-bond donors (Lipinski definition) is 1. The van der Waals surface area contributed by atoms with Gasteiger partial charge in [-0.05, 0) is 39.8 Å². The molecular formula is C14H17F2NO2S. The second kappa shape index (κ2) is 5.35. The molecule has 2 rings (SSSR count). The highest BCUT2D eigenvalue weighted by Crippen LogP contribution is 2.28. The highest BCUT2D eigenvalue weighted by atomic mass is 32.2. The Morgan fingerprint density at radius 3 is 2.50 bits per heavy atom. The fraction of sp³-hybridized carbons (Fsp3) is 0.429. The molecule has 0 saturated carbocycles. The van der Waals surface area contributed by atoms with E-state index in [-0.39, 0.29) is 11.6 Å². The Bertz CT molecular complexity index is 621. The molecule has 1 N–H and O–H groups in total. The van der Waals surface area contributed by atoms with Crippen LogP contribution in [0.25, 0.3) is 11.0 Å². The Labute approximate surface area is 119 Å². The Hall–Kier alpha value is -1.11. The van der Waals surface area contributed by atoms with Crippen LogP contribution in [0.1, 0.15) is 39.5 Å². The molecule has 110 valence electrons. The number of nitrogens with one attached hydrogen (secondary N) is 1. The predicted octanol–water partition coefficient (Wildman–Crippen LogP) is 3.82. The molecule has 0 fully saturated rings. The summed E-state index contributed by atoms with van der Waals surface area (Å²) in [7, 11) is 0. The molecular weight excluding hydrogens is 284 g/mol. The van der Waals surface area contributed by atoms with Crippen molar-refractivity contribution in [2.45, 2.75) is 38.5 Å². The lowest BCUT2D eigenvalue weighted by atomic mass is 10.2. The summed E-state index contributed by atoms with van der Waals surface area (Å²) in [5.41, 5.74) is 0.0107. The molecule has 0 bridgehead atoms. The average molecular weight is 301 g/mol. The van der Waals surface area contributed by atoms with Crippen molar-refractivity contribution in [2.75, 3.05) is 0 Å². The van der Waals surface area contributed by atoms with Gasteiger partial charge in [0.15, 0.2) is 11.4 Å². The van der Waals surface area contributed by atoms with Gasteiger partial charge in [-0.15, -0.1) is 4.72 Å². The van der Waals surface area contributed by atoms with Gasteiger partial charge in [0, 0.05) is 22.8 Å². The summed E-state index contributed by atoms with van der Waals surface area (Å²) in [6.07, 6.45) is 0. The van der Waals surface area contributed by atoms with Crippen molar-refractivity contribution in [1.82, 2.24) is 4.72 Å². The molecule has 0 aliphatic heterocycles. The molecule has 1 heterocycles. The van der Waals surface area contributed by atoms with Gasteiger partial charge in [-0.25, -0.2) is 8.78 Å².